The summed E-state index contributed by atoms with van der Waals surface area (Å²) in [5, 5.41) is 0. The van der Waals surface area contributed by atoms with E-state index in [9.17, 15) is 0 Å². The van der Waals surface area contributed by atoms with Crippen LogP contribution in [0.25, 0.3) is 0 Å². The summed E-state index contributed by atoms with van der Waals surface area (Å²) in [5.74, 6) is 0. The van der Waals surface area contributed by atoms with Gasteiger partial charge < -0.3 is 0 Å². The molecule has 0 rings (SSSR count). The van der Waals surface area contributed by atoms with Crippen LogP contribution in [0.4, 0.5) is 0 Å². The Morgan fingerprint density at radius 2 is 2.00 bits per heavy atom. The standard InChI is InChI=1S/C8H19Si/c1-3-5-6-7-8-9-4-2/h4H,3,5-9H2,1-2H3. The van der Waals surface area contributed by atoms with E-state index in [0.29, 0.717) is 0 Å². The Hall–Kier alpha value is 0.217. The first-order valence-electron chi connectivity index (χ1n) is 4.19. The maximum absolute atomic E-state index is 2.39. The van der Waals surface area contributed by atoms with Crippen LogP contribution >= 0.6 is 0 Å². The molecule has 0 fully saturated rings. The van der Waals surface area contributed by atoms with Crippen molar-refractivity contribution in [1.29, 1.82) is 0 Å². The van der Waals surface area contributed by atoms with Gasteiger partial charge in [-0.1, -0.05) is 51.6 Å². The van der Waals surface area contributed by atoms with Crippen molar-refractivity contribution in [2.24, 2.45) is 0 Å². The number of rotatable bonds is 6. The molecule has 0 atom stereocenters. The van der Waals surface area contributed by atoms with Gasteiger partial charge in [0.15, 0.2) is 0 Å². The molecule has 0 aromatic carbocycles. The monoisotopic (exact) mass is 143 g/mol. The molecule has 0 aliphatic rings. The van der Waals surface area contributed by atoms with Crippen molar-refractivity contribution < 1.29 is 0 Å². The van der Waals surface area contributed by atoms with E-state index in [1.807, 2.05) is 0 Å². The van der Waals surface area contributed by atoms with E-state index >= 15 is 0 Å². The highest BCUT2D eigenvalue weighted by molar-refractivity contribution is 6.39. The van der Waals surface area contributed by atoms with Gasteiger partial charge in [-0.05, 0) is 0 Å². The van der Waals surface area contributed by atoms with Gasteiger partial charge in [-0.25, -0.2) is 0 Å². The minimum atomic E-state index is 0.269. The van der Waals surface area contributed by atoms with Crippen molar-refractivity contribution in [2.75, 3.05) is 0 Å². The Balaban J connectivity index is 2.60. The van der Waals surface area contributed by atoms with Gasteiger partial charge >= 0.3 is 0 Å². The van der Waals surface area contributed by atoms with Gasteiger partial charge in [0, 0.05) is 9.52 Å². The van der Waals surface area contributed by atoms with Gasteiger partial charge in [-0.3, -0.25) is 0 Å². The number of unbranched alkanes of at least 4 members (excludes halogenated alkanes) is 3. The fourth-order valence-corrected chi connectivity index (χ4v) is 2.00. The normalized spacial score (nSPS) is 11.3. The third kappa shape index (κ3) is 8.22. The van der Waals surface area contributed by atoms with Crippen molar-refractivity contribution in [3.05, 3.63) is 6.04 Å². The molecule has 9 heavy (non-hydrogen) atoms. The number of hydrogen-bond acceptors (Lipinski definition) is 0. The van der Waals surface area contributed by atoms with Gasteiger partial charge in [-0.15, -0.1) is 0 Å². The van der Waals surface area contributed by atoms with Crippen molar-refractivity contribution >= 4 is 9.52 Å². The lowest BCUT2D eigenvalue weighted by atomic mass is 10.2. The van der Waals surface area contributed by atoms with E-state index in [2.05, 4.69) is 19.9 Å². The molecule has 0 unspecified atom stereocenters. The van der Waals surface area contributed by atoms with E-state index in [1.165, 1.54) is 31.7 Å². The molecule has 0 aliphatic heterocycles. The zero-order chi connectivity index (χ0) is 6.95. The topological polar surface area (TPSA) is 0 Å². The zero-order valence-electron chi connectivity index (χ0n) is 6.82. The molecule has 0 N–H and O–H groups in total. The molecule has 0 saturated heterocycles. The van der Waals surface area contributed by atoms with Crippen LogP contribution in [0.2, 0.25) is 6.04 Å². The second-order valence-corrected chi connectivity index (χ2v) is 4.71. The molecule has 0 aliphatic carbocycles. The van der Waals surface area contributed by atoms with Gasteiger partial charge in [0.05, 0.1) is 0 Å². The van der Waals surface area contributed by atoms with Crippen LogP contribution in [0.3, 0.4) is 0 Å². The highest BCUT2D eigenvalue weighted by Crippen LogP contribution is 2.02. The molecular weight excluding hydrogens is 124 g/mol. The van der Waals surface area contributed by atoms with Crippen molar-refractivity contribution in [3.8, 4) is 0 Å². The third-order valence-electron chi connectivity index (χ3n) is 1.60. The van der Waals surface area contributed by atoms with Crippen molar-refractivity contribution in [2.45, 2.75) is 45.6 Å². The minimum Gasteiger partial charge on any atom is -0.0655 e. The molecule has 0 bridgehead atoms. The largest absolute Gasteiger partial charge is 0.0655 e. The van der Waals surface area contributed by atoms with Gasteiger partial charge in [-0.2, -0.15) is 0 Å². The molecule has 0 nitrogen and oxygen atoms in total. The lowest BCUT2D eigenvalue weighted by molar-refractivity contribution is 0.700. The molecule has 0 amide bonds. The Bertz CT molecular complexity index is 37.8. The molecule has 1 heteroatoms. The third-order valence-corrected chi connectivity index (χ3v) is 3.08. The first kappa shape index (κ1) is 9.22. The van der Waals surface area contributed by atoms with Crippen LogP contribution in [-0.2, 0) is 0 Å². The van der Waals surface area contributed by atoms with Crippen LogP contribution < -0.4 is 0 Å². The fourth-order valence-electron chi connectivity index (χ4n) is 0.952. The highest BCUT2D eigenvalue weighted by Gasteiger charge is 1.86. The quantitative estimate of drug-likeness (QED) is 0.395. The summed E-state index contributed by atoms with van der Waals surface area (Å²) in [7, 11) is 0.269. The number of hydrogen-bond donors (Lipinski definition) is 0. The lowest BCUT2D eigenvalue weighted by Crippen LogP contribution is -1.86. The molecule has 0 spiro atoms. The maximum atomic E-state index is 2.39. The minimum absolute atomic E-state index is 0.269. The summed E-state index contributed by atoms with van der Waals surface area (Å²) in [4.78, 5) is 0. The van der Waals surface area contributed by atoms with Crippen molar-refractivity contribution in [3.63, 3.8) is 0 Å². The fraction of sp³-hybridized carbons (Fsp3) is 0.875. The molecule has 1 radical (unpaired) electrons. The predicted molar refractivity (Wildman–Crippen MR) is 47.5 cm³/mol. The Morgan fingerprint density at radius 1 is 1.22 bits per heavy atom. The lowest BCUT2D eigenvalue weighted by Gasteiger charge is -1.95. The van der Waals surface area contributed by atoms with Gasteiger partial charge in [0.2, 0.25) is 0 Å². The van der Waals surface area contributed by atoms with Crippen molar-refractivity contribution in [1.82, 2.24) is 0 Å². The second-order valence-electron chi connectivity index (χ2n) is 2.61. The summed E-state index contributed by atoms with van der Waals surface area (Å²) in [6.07, 6.45) is 5.78. The van der Waals surface area contributed by atoms with E-state index in [0.717, 1.165) is 0 Å². The Morgan fingerprint density at radius 3 is 2.56 bits per heavy atom. The molecule has 0 saturated carbocycles. The van der Waals surface area contributed by atoms with E-state index in [-0.39, 0.29) is 9.52 Å². The average molecular weight is 143 g/mol. The van der Waals surface area contributed by atoms with Gasteiger partial charge in [0.25, 0.3) is 0 Å². The van der Waals surface area contributed by atoms with Crippen LogP contribution in [0.15, 0.2) is 0 Å². The summed E-state index contributed by atoms with van der Waals surface area (Å²) in [6, 6.07) is 3.93. The van der Waals surface area contributed by atoms with E-state index < -0.39 is 0 Å². The average Bonchev–Trinajstić information content (AvgIpc) is 1.89. The summed E-state index contributed by atoms with van der Waals surface area (Å²) in [5.41, 5.74) is 0. The molecular formula is C8H19Si. The molecule has 55 valence electrons. The molecule has 0 heterocycles. The summed E-state index contributed by atoms with van der Waals surface area (Å²) in [6.45, 7) is 4.47. The van der Waals surface area contributed by atoms with Crippen LogP contribution in [0, 0.1) is 6.04 Å². The summed E-state index contributed by atoms with van der Waals surface area (Å²) < 4.78 is 0. The maximum Gasteiger partial charge on any atom is 0.0227 e. The smallest absolute Gasteiger partial charge is 0.0227 e. The van der Waals surface area contributed by atoms with Crippen LogP contribution in [-0.4, -0.2) is 9.52 Å². The van der Waals surface area contributed by atoms with E-state index in [4.69, 9.17) is 0 Å². The van der Waals surface area contributed by atoms with Gasteiger partial charge in [0.1, 0.15) is 0 Å². The first-order valence-corrected chi connectivity index (χ1v) is 6.01. The molecule has 0 aromatic rings. The second kappa shape index (κ2) is 8.22. The van der Waals surface area contributed by atoms with Crippen LogP contribution in [0.5, 0.6) is 0 Å². The Labute approximate surface area is 61.9 Å². The molecule has 0 aromatic heterocycles. The van der Waals surface area contributed by atoms with E-state index in [1.54, 1.807) is 0 Å². The Kier molecular flexibility index (Phi) is 8.41. The highest BCUT2D eigenvalue weighted by atomic mass is 28.2. The SMILES string of the molecule is C[CH][SiH2]CCCCCC. The first-order chi connectivity index (χ1) is 4.41. The zero-order valence-corrected chi connectivity index (χ0v) is 8.23. The van der Waals surface area contributed by atoms with Crippen LogP contribution in [0.1, 0.15) is 39.5 Å². The predicted octanol–water partition coefficient (Wildman–Crippen LogP) is 2.34. The summed E-state index contributed by atoms with van der Waals surface area (Å²) >= 11 is 0.